The van der Waals surface area contributed by atoms with Gasteiger partial charge in [0.05, 0.1) is 10.9 Å². The fourth-order valence-electron chi connectivity index (χ4n) is 4.93. The van der Waals surface area contributed by atoms with Crippen LogP contribution in [0, 0.1) is 11.7 Å². The van der Waals surface area contributed by atoms with Gasteiger partial charge in [0.15, 0.2) is 0 Å². The van der Waals surface area contributed by atoms with Crippen molar-refractivity contribution in [1.29, 1.82) is 0 Å². The average Bonchev–Trinajstić information content (AvgIpc) is 2.77. The Morgan fingerprint density at radius 1 is 1.06 bits per heavy atom. The van der Waals surface area contributed by atoms with Gasteiger partial charge in [-0.15, -0.1) is 0 Å². The quantitative estimate of drug-likeness (QED) is 0.522. The lowest BCUT2D eigenvalue weighted by molar-refractivity contribution is 0.129. The number of hydrogen-bond donors (Lipinski definition) is 0. The first-order valence-corrected chi connectivity index (χ1v) is 11.8. The number of piperidine rings is 1. The maximum Gasteiger partial charge on any atom is 0.261 e. The summed E-state index contributed by atoms with van der Waals surface area (Å²) in [7, 11) is 0. The van der Waals surface area contributed by atoms with Crippen LogP contribution in [0.5, 0.6) is 0 Å². The second-order valence-electron chi connectivity index (χ2n) is 9.72. The van der Waals surface area contributed by atoms with Crippen LogP contribution in [-0.4, -0.2) is 33.6 Å². The zero-order valence-electron chi connectivity index (χ0n) is 19.6. The van der Waals surface area contributed by atoms with Gasteiger partial charge in [-0.3, -0.25) is 9.36 Å². The molecular formula is C27H34FN3O. The molecule has 1 saturated heterocycles. The van der Waals surface area contributed by atoms with Gasteiger partial charge in [0.1, 0.15) is 11.6 Å². The molecule has 1 aliphatic rings. The number of aromatic nitrogens is 2. The molecule has 0 radical (unpaired) electrons. The molecule has 0 unspecified atom stereocenters. The molecule has 2 heterocycles. The van der Waals surface area contributed by atoms with Crippen LogP contribution in [0.4, 0.5) is 4.39 Å². The maximum atomic E-state index is 14.3. The Morgan fingerprint density at radius 3 is 2.53 bits per heavy atom. The summed E-state index contributed by atoms with van der Waals surface area (Å²) in [5.74, 6) is 1.17. The van der Waals surface area contributed by atoms with E-state index in [4.69, 9.17) is 4.98 Å². The Labute approximate surface area is 190 Å². The van der Waals surface area contributed by atoms with E-state index in [1.807, 2.05) is 28.8 Å². The molecule has 1 aromatic heterocycles. The number of nitrogens with zero attached hydrogens (tertiary/aromatic N) is 3. The second-order valence-corrected chi connectivity index (χ2v) is 9.72. The predicted octanol–water partition coefficient (Wildman–Crippen LogP) is 5.37. The molecule has 4 rings (SSSR count). The smallest absolute Gasteiger partial charge is 0.261 e. The number of rotatable bonds is 6. The van der Waals surface area contributed by atoms with Crippen LogP contribution in [0.1, 0.15) is 63.4 Å². The molecule has 1 atom stereocenters. The molecule has 1 aliphatic heterocycles. The SMILES string of the molecule is CC(C)c1nc2cccc(Cc3ccccc3F)c2c(=O)n1C[C@H]1CCCN(C(C)C)C1. The Hall–Kier alpha value is -2.53. The summed E-state index contributed by atoms with van der Waals surface area (Å²) in [5, 5.41) is 0.622. The number of halogens is 1. The Morgan fingerprint density at radius 2 is 1.81 bits per heavy atom. The topological polar surface area (TPSA) is 38.1 Å². The van der Waals surface area contributed by atoms with Crippen LogP contribution >= 0.6 is 0 Å². The van der Waals surface area contributed by atoms with Crippen molar-refractivity contribution in [2.45, 2.75) is 65.5 Å². The zero-order chi connectivity index (χ0) is 22.8. The van der Waals surface area contributed by atoms with Crippen molar-refractivity contribution in [3.05, 3.63) is 75.6 Å². The molecule has 0 amide bonds. The van der Waals surface area contributed by atoms with Gasteiger partial charge >= 0.3 is 0 Å². The molecule has 5 heteroatoms. The molecule has 0 spiro atoms. The first-order chi connectivity index (χ1) is 15.3. The molecule has 0 N–H and O–H groups in total. The molecule has 0 aliphatic carbocycles. The van der Waals surface area contributed by atoms with Crippen LogP contribution in [0.2, 0.25) is 0 Å². The summed E-state index contributed by atoms with van der Waals surface area (Å²) >= 11 is 0. The molecule has 3 aromatic rings. The minimum Gasteiger partial charge on any atom is -0.301 e. The van der Waals surface area contributed by atoms with Gasteiger partial charge in [0, 0.05) is 31.5 Å². The Bertz CT molecular complexity index is 1150. The summed E-state index contributed by atoms with van der Waals surface area (Å²) < 4.78 is 16.2. The van der Waals surface area contributed by atoms with Gasteiger partial charge in [-0.2, -0.15) is 0 Å². The van der Waals surface area contributed by atoms with E-state index in [0.29, 0.717) is 41.4 Å². The highest BCUT2D eigenvalue weighted by Gasteiger charge is 2.25. The average molecular weight is 436 g/mol. The van der Waals surface area contributed by atoms with E-state index >= 15 is 0 Å². The van der Waals surface area contributed by atoms with E-state index in [-0.39, 0.29) is 17.3 Å². The van der Waals surface area contributed by atoms with Crippen LogP contribution < -0.4 is 5.56 Å². The van der Waals surface area contributed by atoms with Crippen molar-refractivity contribution < 1.29 is 4.39 Å². The van der Waals surface area contributed by atoms with Crippen molar-refractivity contribution >= 4 is 10.9 Å². The highest BCUT2D eigenvalue weighted by Crippen LogP contribution is 2.24. The summed E-state index contributed by atoms with van der Waals surface area (Å²) in [5.41, 5.74) is 2.14. The van der Waals surface area contributed by atoms with Gasteiger partial charge in [-0.1, -0.05) is 44.2 Å². The van der Waals surface area contributed by atoms with E-state index in [1.54, 1.807) is 12.1 Å². The van der Waals surface area contributed by atoms with Crippen molar-refractivity contribution in [3.8, 4) is 0 Å². The lowest BCUT2D eigenvalue weighted by Crippen LogP contribution is -2.42. The first kappa shape index (κ1) is 22.7. The standard InChI is InChI=1S/C27H34FN3O/c1-18(2)26-29-24-13-7-11-22(15-21-10-5-6-12-23(21)28)25(24)27(32)31(26)17-20-9-8-14-30(16-20)19(3)4/h5-7,10-13,18-20H,8-9,14-17H2,1-4H3/t20-/m0/s1. The Balaban J connectivity index is 1.78. The van der Waals surface area contributed by atoms with Gasteiger partial charge in [0.2, 0.25) is 0 Å². The van der Waals surface area contributed by atoms with Gasteiger partial charge in [-0.25, -0.2) is 9.37 Å². The van der Waals surface area contributed by atoms with Gasteiger partial charge < -0.3 is 4.90 Å². The highest BCUT2D eigenvalue weighted by atomic mass is 19.1. The lowest BCUT2D eigenvalue weighted by atomic mass is 9.96. The van der Waals surface area contributed by atoms with Crippen LogP contribution in [0.3, 0.4) is 0 Å². The lowest BCUT2D eigenvalue weighted by Gasteiger charge is -2.36. The fourth-order valence-corrected chi connectivity index (χ4v) is 4.93. The first-order valence-electron chi connectivity index (χ1n) is 11.8. The Kier molecular flexibility index (Phi) is 6.75. The highest BCUT2D eigenvalue weighted by molar-refractivity contribution is 5.81. The van der Waals surface area contributed by atoms with E-state index < -0.39 is 0 Å². The van der Waals surface area contributed by atoms with Gasteiger partial charge in [0.25, 0.3) is 5.56 Å². The van der Waals surface area contributed by atoms with Crippen molar-refractivity contribution in [2.24, 2.45) is 5.92 Å². The largest absolute Gasteiger partial charge is 0.301 e. The summed E-state index contributed by atoms with van der Waals surface area (Å²) in [6.45, 7) is 11.5. The maximum absolute atomic E-state index is 14.3. The third-order valence-corrected chi connectivity index (χ3v) is 6.68. The monoisotopic (exact) mass is 435 g/mol. The van der Waals surface area contributed by atoms with Crippen molar-refractivity contribution in [1.82, 2.24) is 14.5 Å². The minimum absolute atomic E-state index is 0.00677. The predicted molar refractivity (Wildman–Crippen MR) is 129 cm³/mol. The van der Waals surface area contributed by atoms with E-state index in [0.717, 1.165) is 37.3 Å². The second kappa shape index (κ2) is 9.53. The molecule has 4 nitrogen and oxygen atoms in total. The number of benzene rings is 2. The summed E-state index contributed by atoms with van der Waals surface area (Å²) in [6.07, 6.45) is 2.67. The van der Waals surface area contributed by atoms with Crippen LogP contribution in [0.15, 0.2) is 47.3 Å². The minimum atomic E-state index is -0.243. The molecule has 0 bridgehead atoms. The summed E-state index contributed by atoms with van der Waals surface area (Å²) in [6, 6.07) is 13.0. The van der Waals surface area contributed by atoms with Crippen molar-refractivity contribution in [2.75, 3.05) is 13.1 Å². The number of likely N-dealkylation sites (tertiary alicyclic amines) is 1. The zero-order valence-corrected chi connectivity index (χ0v) is 19.6. The number of hydrogen-bond acceptors (Lipinski definition) is 3. The normalized spacial score (nSPS) is 17.5. The van der Waals surface area contributed by atoms with Crippen LogP contribution in [-0.2, 0) is 13.0 Å². The van der Waals surface area contributed by atoms with E-state index in [9.17, 15) is 9.18 Å². The molecule has 32 heavy (non-hydrogen) atoms. The number of fused-ring (bicyclic) bond motifs is 1. The molecular weight excluding hydrogens is 401 g/mol. The fraction of sp³-hybridized carbons (Fsp3) is 0.481. The summed E-state index contributed by atoms with van der Waals surface area (Å²) in [4.78, 5) is 21.3. The molecule has 2 aromatic carbocycles. The molecule has 1 fully saturated rings. The van der Waals surface area contributed by atoms with Crippen LogP contribution in [0.25, 0.3) is 10.9 Å². The van der Waals surface area contributed by atoms with Gasteiger partial charge in [-0.05, 0) is 62.4 Å². The molecule has 170 valence electrons. The third kappa shape index (κ3) is 4.63. The van der Waals surface area contributed by atoms with Crippen molar-refractivity contribution in [3.63, 3.8) is 0 Å². The molecule has 0 saturated carbocycles. The van der Waals surface area contributed by atoms with E-state index in [1.165, 1.54) is 6.07 Å². The third-order valence-electron chi connectivity index (χ3n) is 6.68. The van der Waals surface area contributed by atoms with E-state index in [2.05, 4.69) is 32.6 Å².